The molecule has 1 rings (SSSR count). The zero-order valence-corrected chi connectivity index (χ0v) is 22.9. The predicted molar refractivity (Wildman–Crippen MR) is 141 cm³/mol. The molecule has 0 aromatic rings. The highest BCUT2D eigenvalue weighted by atomic mass is 16.5. The van der Waals surface area contributed by atoms with Crippen molar-refractivity contribution in [3.05, 3.63) is 0 Å². The summed E-state index contributed by atoms with van der Waals surface area (Å²) in [5, 5.41) is 10.2. The fraction of sp³-hybridized carbons (Fsp3) is 0.966. The van der Waals surface area contributed by atoms with Crippen molar-refractivity contribution in [2.24, 2.45) is 0 Å². The van der Waals surface area contributed by atoms with Crippen LogP contribution < -0.4 is 0 Å². The van der Waals surface area contributed by atoms with E-state index in [4.69, 9.17) is 4.74 Å². The molecule has 0 radical (unpaired) electrons. The van der Waals surface area contributed by atoms with Gasteiger partial charge in [0.05, 0.1) is 6.10 Å². The Kier molecular flexibility index (Phi) is 15.6. The first-order valence-electron chi connectivity index (χ1n) is 14.3. The van der Waals surface area contributed by atoms with Gasteiger partial charge in [0, 0.05) is 24.0 Å². The number of likely N-dealkylation sites (tertiary alicyclic amines) is 1. The molecule has 33 heavy (non-hydrogen) atoms. The van der Waals surface area contributed by atoms with E-state index in [0.29, 0.717) is 13.0 Å². The van der Waals surface area contributed by atoms with Crippen LogP contribution in [0.1, 0.15) is 150 Å². The van der Waals surface area contributed by atoms with E-state index in [0.717, 1.165) is 32.2 Å². The number of nitrogens with zero attached hydrogens (tertiary/aromatic N) is 1. The Labute approximate surface area is 206 Å². The second kappa shape index (κ2) is 16.9. The third-order valence-electron chi connectivity index (χ3n) is 7.49. The molecule has 1 N–H and O–H groups in total. The summed E-state index contributed by atoms with van der Waals surface area (Å²) >= 11 is 0. The summed E-state index contributed by atoms with van der Waals surface area (Å²) in [5.41, 5.74) is -0.163. The lowest BCUT2D eigenvalue weighted by molar-refractivity contribution is -0.147. The third-order valence-corrected chi connectivity index (χ3v) is 7.49. The molecular weight excluding hydrogens is 410 g/mol. The minimum atomic E-state index is -0.251. The predicted octanol–water partition coefficient (Wildman–Crippen LogP) is 7.81. The summed E-state index contributed by atoms with van der Waals surface area (Å²) < 4.78 is 5.53. The van der Waals surface area contributed by atoms with Crippen molar-refractivity contribution in [3.8, 4) is 0 Å². The fourth-order valence-corrected chi connectivity index (χ4v) is 5.83. The van der Waals surface area contributed by atoms with E-state index in [2.05, 4.69) is 39.5 Å². The Morgan fingerprint density at radius 2 is 1.15 bits per heavy atom. The van der Waals surface area contributed by atoms with E-state index in [9.17, 15) is 9.90 Å². The molecule has 0 atom stereocenters. The molecule has 4 heteroatoms. The monoisotopic (exact) mass is 467 g/mol. The van der Waals surface area contributed by atoms with Gasteiger partial charge in [-0.25, -0.2) is 0 Å². The van der Waals surface area contributed by atoms with Gasteiger partial charge in [-0.2, -0.15) is 0 Å². The van der Waals surface area contributed by atoms with Gasteiger partial charge in [-0.3, -0.25) is 9.69 Å². The van der Waals surface area contributed by atoms with Gasteiger partial charge >= 0.3 is 5.97 Å². The zero-order valence-electron chi connectivity index (χ0n) is 22.9. The quantitative estimate of drug-likeness (QED) is 0.155. The van der Waals surface area contributed by atoms with Gasteiger partial charge in [0.2, 0.25) is 0 Å². The van der Waals surface area contributed by atoms with Crippen molar-refractivity contribution in [1.29, 1.82) is 0 Å². The molecule has 0 unspecified atom stereocenters. The minimum absolute atomic E-state index is 0.0580. The van der Waals surface area contributed by atoms with Gasteiger partial charge in [0.25, 0.3) is 0 Å². The van der Waals surface area contributed by atoms with E-state index in [1.54, 1.807) is 0 Å². The Morgan fingerprint density at radius 3 is 1.58 bits per heavy atom. The topological polar surface area (TPSA) is 49.8 Å². The molecule has 4 nitrogen and oxygen atoms in total. The number of aliphatic hydroxyl groups is 1. The number of ether oxygens (including phenoxy) is 1. The molecule has 1 aliphatic rings. The van der Waals surface area contributed by atoms with E-state index >= 15 is 0 Å². The maximum Gasteiger partial charge on any atom is 0.305 e. The first kappa shape index (κ1) is 30.4. The standard InChI is InChI=1S/C29H57NO3/c1-6-7-8-9-10-11-12-13-14-15-16-17-18-19-20-21-27(32)33-23-22-30-28(2,3)24-26(31)25-29(30,4)5/h26,31H,6-25H2,1-5H3. The van der Waals surface area contributed by atoms with Crippen LogP contribution in [-0.2, 0) is 9.53 Å². The van der Waals surface area contributed by atoms with Crippen LogP contribution in [0.5, 0.6) is 0 Å². The van der Waals surface area contributed by atoms with Crippen LogP contribution >= 0.6 is 0 Å². The van der Waals surface area contributed by atoms with Gasteiger partial charge in [0.1, 0.15) is 6.61 Å². The molecule has 0 aliphatic carbocycles. The van der Waals surface area contributed by atoms with Crippen molar-refractivity contribution in [1.82, 2.24) is 4.90 Å². The van der Waals surface area contributed by atoms with Crippen LogP contribution in [0.2, 0.25) is 0 Å². The van der Waals surface area contributed by atoms with E-state index in [1.807, 2.05) is 0 Å². The van der Waals surface area contributed by atoms with Crippen molar-refractivity contribution in [2.75, 3.05) is 13.2 Å². The molecule has 196 valence electrons. The molecule has 0 aromatic carbocycles. The smallest absolute Gasteiger partial charge is 0.305 e. The largest absolute Gasteiger partial charge is 0.464 e. The lowest BCUT2D eigenvalue weighted by atomic mass is 9.78. The van der Waals surface area contributed by atoms with Crippen LogP contribution in [0.4, 0.5) is 0 Å². The molecule has 1 heterocycles. The number of aliphatic hydroxyl groups excluding tert-OH is 1. The average molecular weight is 468 g/mol. The summed E-state index contributed by atoms with van der Waals surface area (Å²) in [4.78, 5) is 14.5. The highest BCUT2D eigenvalue weighted by Crippen LogP contribution is 2.38. The molecule has 0 amide bonds. The van der Waals surface area contributed by atoms with Gasteiger partial charge in [-0.1, -0.05) is 96.8 Å². The summed E-state index contributed by atoms with van der Waals surface area (Å²) in [6.07, 6.45) is 21.9. The fourth-order valence-electron chi connectivity index (χ4n) is 5.83. The summed E-state index contributed by atoms with van der Waals surface area (Å²) in [5.74, 6) is -0.0580. The maximum atomic E-state index is 12.1. The summed E-state index contributed by atoms with van der Waals surface area (Å²) in [6.45, 7) is 12.2. The molecule has 0 aromatic heterocycles. The van der Waals surface area contributed by atoms with Gasteiger partial charge in [-0.05, 0) is 47.0 Å². The second-order valence-electron chi connectivity index (χ2n) is 11.8. The molecule has 1 aliphatic heterocycles. The molecular formula is C29H57NO3. The van der Waals surface area contributed by atoms with Crippen LogP contribution in [0, 0.1) is 0 Å². The summed E-state index contributed by atoms with van der Waals surface area (Å²) in [7, 11) is 0. The number of rotatable bonds is 19. The number of hydrogen-bond donors (Lipinski definition) is 1. The van der Waals surface area contributed by atoms with Gasteiger partial charge in [-0.15, -0.1) is 0 Å². The number of carbonyl (C=O) groups is 1. The van der Waals surface area contributed by atoms with Crippen LogP contribution in [0.25, 0.3) is 0 Å². The zero-order chi connectivity index (χ0) is 24.6. The average Bonchev–Trinajstić information content (AvgIpc) is 2.71. The number of piperidine rings is 1. The molecule has 0 spiro atoms. The normalized spacial score (nSPS) is 18.5. The Balaban J connectivity index is 1.94. The van der Waals surface area contributed by atoms with Crippen molar-refractivity contribution < 1.29 is 14.6 Å². The van der Waals surface area contributed by atoms with Crippen molar-refractivity contribution in [2.45, 2.75) is 167 Å². The highest BCUT2D eigenvalue weighted by Gasteiger charge is 2.44. The third kappa shape index (κ3) is 13.8. The number of hydrogen-bond acceptors (Lipinski definition) is 4. The maximum absolute atomic E-state index is 12.1. The van der Waals surface area contributed by atoms with Crippen molar-refractivity contribution >= 4 is 5.97 Å². The lowest BCUT2D eigenvalue weighted by Crippen LogP contribution is -2.62. The SMILES string of the molecule is CCCCCCCCCCCCCCCCCC(=O)OCCN1C(C)(C)CC(O)CC1(C)C. The second-order valence-corrected chi connectivity index (χ2v) is 11.8. The van der Waals surface area contributed by atoms with Crippen LogP contribution in [0.3, 0.4) is 0 Å². The molecule has 1 fully saturated rings. The van der Waals surface area contributed by atoms with Gasteiger partial charge in [0.15, 0.2) is 0 Å². The lowest BCUT2D eigenvalue weighted by Gasteiger charge is -2.54. The number of unbranched alkanes of at least 4 members (excludes halogenated alkanes) is 14. The van der Waals surface area contributed by atoms with Crippen molar-refractivity contribution in [3.63, 3.8) is 0 Å². The first-order valence-corrected chi connectivity index (χ1v) is 14.3. The summed E-state index contributed by atoms with van der Waals surface area (Å²) in [6, 6.07) is 0. The van der Waals surface area contributed by atoms with Crippen LogP contribution in [0.15, 0.2) is 0 Å². The number of esters is 1. The Bertz CT molecular complexity index is 485. The van der Waals surface area contributed by atoms with Crippen LogP contribution in [-0.4, -0.2) is 46.3 Å². The number of carbonyl (C=O) groups excluding carboxylic acids is 1. The highest BCUT2D eigenvalue weighted by molar-refractivity contribution is 5.69. The molecule has 0 bridgehead atoms. The van der Waals surface area contributed by atoms with E-state index < -0.39 is 0 Å². The first-order chi connectivity index (χ1) is 15.7. The minimum Gasteiger partial charge on any atom is -0.464 e. The van der Waals surface area contributed by atoms with E-state index in [-0.39, 0.29) is 23.2 Å². The molecule has 0 saturated carbocycles. The van der Waals surface area contributed by atoms with E-state index in [1.165, 1.54) is 83.5 Å². The molecule has 1 saturated heterocycles. The Hall–Kier alpha value is -0.610. The Morgan fingerprint density at radius 1 is 0.758 bits per heavy atom. The van der Waals surface area contributed by atoms with Gasteiger partial charge < -0.3 is 9.84 Å².